The molecule has 4 N–H and O–H groups in total. The number of rotatable bonds is 12. The molecule has 20 heavy (non-hydrogen) atoms. The van der Waals surface area contributed by atoms with Crippen molar-refractivity contribution in [2.45, 2.75) is 26.2 Å². The minimum absolute atomic E-state index is 0.0210. The molecule has 0 spiro atoms. The van der Waals surface area contributed by atoms with Gasteiger partial charge in [0.15, 0.2) is 0 Å². The Balaban J connectivity index is 3.05. The van der Waals surface area contributed by atoms with Gasteiger partial charge in [-0.3, -0.25) is 9.59 Å². The molecule has 0 saturated heterocycles. The summed E-state index contributed by atoms with van der Waals surface area (Å²) in [5.41, 5.74) is 0. The van der Waals surface area contributed by atoms with E-state index in [1.54, 1.807) is 0 Å². The van der Waals surface area contributed by atoms with Crippen LogP contribution in [0.5, 0.6) is 0 Å². The first-order chi connectivity index (χ1) is 9.66. The van der Waals surface area contributed by atoms with Gasteiger partial charge in [-0.2, -0.15) is 0 Å². The largest absolute Gasteiger partial charge is 0.356 e. The standard InChI is InChI=1S/C14H26N4O2/c1-3-14(20)18-12-6-10-16-8-4-7-15-9-5-11-17-13(2)19/h1,15-16H,4-12H2,2H3,(H,17,19)(H,18,20). The van der Waals surface area contributed by atoms with Crippen molar-refractivity contribution in [2.75, 3.05) is 39.3 Å². The van der Waals surface area contributed by atoms with Crippen molar-refractivity contribution in [2.24, 2.45) is 0 Å². The highest BCUT2D eigenvalue weighted by atomic mass is 16.2. The maximum atomic E-state index is 10.7. The van der Waals surface area contributed by atoms with E-state index in [0.29, 0.717) is 6.54 Å². The third-order valence-corrected chi connectivity index (χ3v) is 2.56. The van der Waals surface area contributed by atoms with Crippen molar-refractivity contribution in [3.63, 3.8) is 0 Å². The topological polar surface area (TPSA) is 82.3 Å². The Hall–Kier alpha value is -1.58. The van der Waals surface area contributed by atoms with Crippen LogP contribution >= 0.6 is 0 Å². The summed E-state index contributed by atoms with van der Waals surface area (Å²) in [7, 11) is 0. The molecule has 0 aliphatic heterocycles. The molecule has 0 bridgehead atoms. The van der Waals surface area contributed by atoms with E-state index in [1.807, 2.05) is 5.92 Å². The van der Waals surface area contributed by atoms with Gasteiger partial charge >= 0.3 is 0 Å². The van der Waals surface area contributed by atoms with E-state index in [2.05, 4.69) is 21.3 Å². The lowest BCUT2D eigenvalue weighted by atomic mass is 10.3. The zero-order valence-electron chi connectivity index (χ0n) is 12.3. The molecular weight excluding hydrogens is 256 g/mol. The quantitative estimate of drug-likeness (QED) is 0.280. The van der Waals surface area contributed by atoms with Gasteiger partial charge in [0.05, 0.1) is 0 Å². The van der Waals surface area contributed by atoms with E-state index >= 15 is 0 Å². The molecule has 0 heterocycles. The summed E-state index contributed by atoms with van der Waals surface area (Å²) in [5.74, 6) is 1.68. The predicted molar refractivity (Wildman–Crippen MR) is 80.1 cm³/mol. The minimum Gasteiger partial charge on any atom is -0.356 e. The number of amides is 2. The van der Waals surface area contributed by atoms with E-state index in [9.17, 15) is 9.59 Å². The number of carbonyl (C=O) groups excluding carboxylic acids is 2. The molecule has 0 saturated carbocycles. The summed E-state index contributed by atoms with van der Waals surface area (Å²) in [6.45, 7) is 6.55. The van der Waals surface area contributed by atoms with Crippen molar-refractivity contribution in [3.8, 4) is 12.3 Å². The first-order valence-electron chi connectivity index (χ1n) is 7.07. The first kappa shape index (κ1) is 18.4. The lowest BCUT2D eigenvalue weighted by Crippen LogP contribution is -2.28. The molecular formula is C14H26N4O2. The van der Waals surface area contributed by atoms with Crippen LogP contribution in [0, 0.1) is 12.3 Å². The van der Waals surface area contributed by atoms with Crippen LogP contribution in [-0.2, 0) is 9.59 Å². The van der Waals surface area contributed by atoms with Gasteiger partial charge in [-0.15, -0.1) is 6.42 Å². The van der Waals surface area contributed by atoms with Gasteiger partial charge in [0.25, 0.3) is 5.91 Å². The average Bonchev–Trinajstić information content (AvgIpc) is 2.43. The van der Waals surface area contributed by atoms with Gasteiger partial charge in [-0.05, 0) is 51.4 Å². The molecule has 0 aliphatic carbocycles. The van der Waals surface area contributed by atoms with Crippen molar-refractivity contribution in [1.82, 2.24) is 21.3 Å². The second-order valence-electron chi connectivity index (χ2n) is 4.44. The Morgan fingerprint density at radius 2 is 1.30 bits per heavy atom. The van der Waals surface area contributed by atoms with Gasteiger partial charge in [0.1, 0.15) is 0 Å². The highest BCUT2D eigenvalue weighted by Gasteiger charge is 1.94. The molecule has 6 heteroatoms. The van der Waals surface area contributed by atoms with Gasteiger partial charge in [0, 0.05) is 20.0 Å². The highest BCUT2D eigenvalue weighted by molar-refractivity contribution is 5.92. The Morgan fingerprint density at radius 3 is 1.75 bits per heavy atom. The minimum atomic E-state index is -0.353. The molecule has 2 amide bonds. The summed E-state index contributed by atoms with van der Waals surface area (Å²) in [6.07, 6.45) is 7.79. The van der Waals surface area contributed by atoms with Crippen molar-refractivity contribution >= 4 is 11.8 Å². The normalized spacial score (nSPS) is 9.80. The maximum Gasteiger partial charge on any atom is 0.295 e. The Morgan fingerprint density at radius 1 is 0.850 bits per heavy atom. The van der Waals surface area contributed by atoms with Crippen LogP contribution in [0.4, 0.5) is 0 Å². The smallest absolute Gasteiger partial charge is 0.295 e. The zero-order chi connectivity index (χ0) is 15.1. The zero-order valence-corrected chi connectivity index (χ0v) is 12.3. The molecule has 0 aromatic carbocycles. The fourth-order valence-corrected chi connectivity index (χ4v) is 1.53. The van der Waals surface area contributed by atoms with Crippen LogP contribution < -0.4 is 21.3 Å². The maximum absolute atomic E-state index is 10.7. The molecule has 6 nitrogen and oxygen atoms in total. The van der Waals surface area contributed by atoms with Crippen molar-refractivity contribution < 1.29 is 9.59 Å². The number of hydrogen-bond acceptors (Lipinski definition) is 4. The molecule has 0 unspecified atom stereocenters. The van der Waals surface area contributed by atoms with E-state index in [1.165, 1.54) is 6.92 Å². The van der Waals surface area contributed by atoms with E-state index in [-0.39, 0.29) is 11.8 Å². The van der Waals surface area contributed by atoms with Gasteiger partial charge < -0.3 is 21.3 Å². The Labute approximate surface area is 121 Å². The molecule has 114 valence electrons. The number of hydrogen-bond donors (Lipinski definition) is 4. The molecule has 0 aromatic rings. The SMILES string of the molecule is C#CC(=O)NCCCNCCCNCCCNC(C)=O. The summed E-state index contributed by atoms with van der Waals surface area (Å²) in [5, 5.41) is 12.0. The van der Waals surface area contributed by atoms with Crippen molar-refractivity contribution in [1.29, 1.82) is 0 Å². The van der Waals surface area contributed by atoms with E-state index in [4.69, 9.17) is 6.42 Å². The summed E-state index contributed by atoms with van der Waals surface area (Å²) in [6, 6.07) is 0. The third-order valence-electron chi connectivity index (χ3n) is 2.56. The van der Waals surface area contributed by atoms with Crippen LogP contribution in [0.25, 0.3) is 0 Å². The molecule has 0 radical (unpaired) electrons. The predicted octanol–water partition coefficient (Wildman–Crippen LogP) is -0.779. The van der Waals surface area contributed by atoms with Gasteiger partial charge in [-0.25, -0.2) is 0 Å². The first-order valence-corrected chi connectivity index (χ1v) is 7.07. The fourth-order valence-electron chi connectivity index (χ4n) is 1.53. The molecule has 0 aromatic heterocycles. The van der Waals surface area contributed by atoms with Crippen molar-refractivity contribution in [3.05, 3.63) is 0 Å². The Kier molecular flexibility index (Phi) is 12.7. The lowest BCUT2D eigenvalue weighted by Gasteiger charge is -2.07. The van der Waals surface area contributed by atoms with Crippen LogP contribution in [-0.4, -0.2) is 51.1 Å². The summed E-state index contributed by atoms with van der Waals surface area (Å²) in [4.78, 5) is 21.3. The van der Waals surface area contributed by atoms with Crippen LogP contribution in [0.3, 0.4) is 0 Å². The average molecular weight is 282 g/mol. The fraction of sp³-hybridized carbons (Fsp3) is 0.714. The van der Waals surface area contributed by atoms with Crippen LogP contribution in [0.15, 0.2) is 0 Å². The molecule has 0 fully saturated rings. The monoisotopic (exact) mass is 282 g/mol. The van der Waals surface area contributed by atoms with Gasteiger partial charge in [-0.1, -0.05) is 0 Å². The second-order valence-corrected chi connectivity index (χ2v) is 4.44. The van der Waals surface area contributed by atoms with E-state index in [0.717, 1.165) is 52.0 Å². The van der Waals surface area contributed by atoms with Crippen LogP contribution in [0.1, 0.15) is 26.2 Å². The molecule has 0 aliphatic rings. The Bertz CT molecular complexity index is 313. The lowest BCUT2D eigenvalue weighted by molar-refractivity contribution is -0.119. The third kappa shape index (κ3) is 14.5. The highest BCUT2D eigenvalue weighted by Crippen LogP contribution is 1.79. The van der Waals surface area contributed by atoms with Gasteiger partial charge in [0.2, 0.25) is 5.91 Å². The second kappa shape index (κ2) is 13.8. The summed E-state index contributed by atoms with van der Waals surface area (Å²) < 4.78 is 0. The molecule has 0 rings (SSSR count). The van der Waals surface area contributed by atoms with Crippen LogP contribution in [0.2, 0.25) is 0 Å². The van der Waals surface area contributed by atoms with E-state index < -0.39 is 0 Å². The number of terminal acetylenes is 1. The number of carbonyl (C=O) groups is 2. The number of nitrogens with one attached hydrogen (secondary N) is 4. The molecule has 0 atom stereocenters. The summed E-state index contributed by atoms with van der Waals surface area (Å²) >= 11 is 0.